The summed E-state index contributed by atoms with van der Waals surface area (Å²) in [5.74, 6) is 1.37. The van der Waals surface area contributed by atoms with Gasteiger partial charge >= 0.3 is 0 Å². The molecule has 3 aromatic rings. The molecule has 0 spiro atoms. The molecule has 1 aliphatic heterocycles. The normalized spacial score (nSPS) is 20.6. The number of ether oxygens (including phenoxy) is 1. The van der Waals surface area contributed by atoms with E-state index in [9.17, 15) is 0 Å². The van der Waals surface area contributed by atoms with Crippen molar-refractivity contribution in [1.29, 1.82) is 0 Å². The standard InChI is InChI=1S/C20H23N3OS/c1-22(2)18-13-23(20-21-17-6-4-5-7-19(17)25-20)12-16(18)14-8-10-15(24-3)11-9-14/h4-11,16,18H,12-13H2,1-3H3/t16-,18+/m0/s1. The summed E-state index contributed by atoms with van der Waals surface area (Å²) in [6.45, 7) is 2.00. The summed E-state index contributed by atoms with van der Waals surface area (Å²) in [6, 6.07) is 17.4. The molecule has 130 valence electrons. The third-order valence-electron chi connectivity index (χ3n) is 5.05. The molecule has 4 nitrogen and oxygen atoms in total. The number of hydrogen-bond donors (Lipinski definition) is 0. The number of benzene rings is 2. The number of rotatable bonds is 4. The molecule has 2 heterocycles. The number of methoxy groups -OCH3 is 1. The maximum absolute atomic E-state index is 5.30. The molecule has 0 saturated carbocycles. The minimum Gasteiger partial charge on any atom is -0.497 e. The van der Waals surface area contributed by atoms with Crippen LogP contribution in [0.5, 0.6) is 5.75 Å². The molecule has 2 atom stereocenters. The van der Waals surface area contributed by atoms with Gasteiger partial charge in [-0.2, -0.15) is 0 Å². The SMILES string of the molecule is COc1ccc([C@@H]2CN(c3nc4ccccc4s3)C[C@H]2N(C)C)cc1. The van der Waals surface area contributed by atoms with Crippen molar-refractivity contribution in [2.24, 2.45) is 0 Å². The summed E-state index contributed by atoms with van der Waals surface area (Å²) in [4.78, 5) is 9.62. The Morgan fingerprint density at radius 3 is 2.52 bits per heavy atom. The van der Waals surface area contributed by atoms with Crippen molar-refractivity contribution in [2.75, 3.05) is 39.2 Å². The third-order valence-corrected chi connectivity index (χ3v) is 6.15. The molecule has 25 heavy (non-hydrogen) atoms. The first-order valence-corrected chi connectivity index (χ1v) is 9.38. The van der Waals surface area contributed by atoms with E-state index >= 15 is 0 Å². The molecule has 0 radical (unpaired) electrons. The lowest BCUT2D eigenvalue weighted by Gasteiger charge is -2.25. The predicted octanol–water partition coefficient (Wildman–Crippen LogP) is 3.84. The van der Waals surface area contributed by atoms with E-state index in [4.69, 9.17) is 9.72 Å². The highest BCUT2D eigenvalue weighted by molar-refractivity contribution is 7.22. The maximum Gasteiger partial charge on any atom is 0.186 e. The second-order valence-electron chi connectivity index (χ2n) is 6.78. The summed E-state index contributed by atoms with van der Waals surface area (Å²) < 4.78 is 6.56. The van der Waals surface area contributed by atoms with Crippen LogP contribution >= 0.6 is 11.3 Å². The minimum atomic E-state index is 0.466. The van der Waals surface area contributed by atoms with Crippen molar-refractivity contribution in [3.8, 4) is 5.75 Å². The average molecular weight is 353 g/mol. The van der Waals surface area contributed by atoms with Gasteiger partial charge in [0.25, 0.3) is 0 Å². The Morgan fingerprint density at radius 1 is 1.08 bits per heavy atom. The number of para-hydroxylation sites is 1. The van der Waals surface area contributed by atoms with Crippen LogP contribution in [0.25, 0.3) is 10.2 Å². The van der Waals surface area contributed by atoms with Gasteiger partial charge in [0.15, 0.2) is 5.13 Å². The molecule has 1 aliphatic rings. The van der Waals surface area contributed by atoms with Crippen molar-refractivity contribution in [3.63, 3.8) is 0 Å². The predicted molar refractivity (Wildman–Crippen MR) is 105 cm³/mol. The lowest BCUT2D eigenvalue weighted by atomic mass is 9.94. The monoisotopic (exact) mass is 353 g/mol. The van der Waals surface area contributed by atoms with Crippen molar-refractivity contribution >= 4 is 26.7 Å². The minimum absolute atomic E-state index is 0.466. The summed E-state index contributed by atoms with van der Waals surface area (Å²) in [6.07, 6.45) is 0. The number of anilines is 1. The van der Waals surface area contributed by atoms with Gasteiger partial charge in [-0.25, -0.2) is 4.98 Å². The molecule has 5 heteroatoms. The van der Waals surface area contributed by atoms with Gasteiger partial charge in [0.2, 0.25) is 0 Å². The van der Waals surface area contributed by atoms with E-state index in [2.05, 4.69) is 72.4 Å². The van der Waals surface area contributed by atoms with Crippen LogP contribution in [0, 0.1) is 0 Å². The fraction of sp³-hybridized carbons (Fsp3) is 0.350. The topological polar surface area (TPSA) is 28.6 Å². The molecule has 0 unspecified atom stereocenters. The zero-order valence-corrected chi connectivity index (χ0v) is 15.7. The molecule has 0 aliphatic carbocycles. The van der Waals surface area contributed by atoms with Crippen molar-refractivity contribution in [2.45, 2.75) is 12.0 Å². The van der Waals surface area contributed by atoms with Gasteiger partial charge in [0.05, 0.1) is 17.3 Å². The molecule has 0 bridgehead atoms. The van der Waals surface area contributed by atoms with Gasteiger partial charge in [0, 0.05) is 25.0 Å². The number of aromatic nitrogens is 1. The lowest BCUT2D eigenvalue weighted by molar-refractivity contribution is 0.292. The van der Waals surface area contributed by atoms with Gasteiger partial charge in [-0.05, 0) is 43.9 Å². The summed E-state index contributed by atoms with van der Waals surface area (Å²) in [5, 5.41) is 1.13. The Kier molecular flexibility index (Phi) is 4.36. The van der Waals surface area contributed by atoms with Crippen LogP contribution in [0.15, 0.2) is 48.5 Å². The van der Waals surface area contributed by atoms with Crippen molar-refractivity contribution in [1.82, 2.24) is 9.88 Å². The van der Waals surface area contributed by atoms with Crippen LogP contribution in [-0.2, 0) is 0 Å². The van der Waals surface area contributed by atoms with Gasteiger partial charge in [-0.3, -0.25) is 0 Å². The van der Waals surface area contributed by atoms with Crippen LogP contribution in [0.3, 0.4) is 0 Å². The van der Waals surface area contributed by atoms with Crippen LogP contribution in [0.2, 0.25) is 0 Å². The van der Waals surface area contributed by atoms with E-state index in [1.807, 2.05) is 0 Å². The summed E-state index contributed by atoms with van der Waals surface area (Å²) in [7, 11) is 6.05. The highest BCUT2D eigenvalue weighted by Crippen LogP contribution is 2.37. The quantitative estimate of drug-likeness (QED) is 0.712. The van der Waals surface area contributed by atoms with Crippen molar-refractivity contribution in [3.05, 3.63) is 54.1 Å². The van der Waals surface area contributed by atoms with Crippen LogP contribution < -0.4 is 9.64 Å². The Labute approximate surface area is 152 Å². The molecular weight excluding hydrogens is 330 g/mol. The third kappa shape index (κ3) is 3.10. The van der Waals surface area contributed by atoms with Gasteiger partial charge in [0.1, 0.15) is 5.75 Å². The van der Waals surface area contributed by atoms with Crippen LogP contribution in [0.4, 0.5) is 5.13 Å². The van der Waals surface area contributed by atoms with Crippen LogP contribution in [-0.4, -0.2) is 50.2 Å². The fourth-order valence-electron chi connectivity index (χ4n) is 3.64. The van der Waals surface area contributed by atoms with Gasteiger partial charge in [-0.15, -0.1) is 0 Å². The number of thiazole rings is 1. The van der Waals surface area contributed by atoms with Gasteiger partial charge < -0.3 is 14.5 Å². The smallest absolute Gasteiger partial charge is 0.186 e. The second-order valence-corrected chi connectivity index (χ2v) is 7.79. The Bertz CT molecular complexity index is 826. The first-order valence-electron chi connectivity index (χ1n) is 8.56. The van der Waals surface area contributed by atoms with E-state index in [1.165, 1.54) is 10.3 Å². The molecular formula is C20H23N3OS. The first-order chi connectivity index (χ1) is 12.2. The second kappa shape index (κ2) is 6.65. The number of hydrogen-bond acceptors (Lipinski definition) is 5. The van der Waals surface area contributed by atoms with E-state index < -0.39 is 0 Å². The molecule has 0 amide bonds. The summed E-state index contributed by atoms with van der Waals surface area (Å²) >= 11 is 1.79. The molecule has 1 saturated heterocycles. The van der Waals surface area contributed by atoms with Crippen molar-refractivity contribution < 1.29 is 4.74 Å². The molecule has 1 aromatic heterocycles. The van der Waals surface area contributed by atoms with E-state index in [0.29, 0.717) is 12.0 Å². The first kappa shape index (κ1) is 16.4. The Morgan fingerprint density at radius 2 is 1.84 bits per heavy atom. The van der Waals surface area contributed by atoms with E-state index in [-0.39, 0.29) is 0 Å². The highest BCUT2D eigenvalue weighted by atomic mass is 32.1. The lowest BCUT2D eigenvalue weighted by Crippen LogP contribution is -2.34. The molecule has 1 fully saturated rings. The molecule has 2 aromatic carbocycles. The zero-order valence-electron chi connectivity index (χ0n) is 14.8. The zero-order chi connectivity index (χ0) is 17.4. The Hall–Kier alpha value is -2.11. The largest absolute Gasteiger partial charge is 0.497 e. The maximum atomic E-state index is 5.30. The van der Waals surface area contributed by atoms with Gasteiger partial charge in [-0.1, -0.05) is 35.6 Å². The average Bonchev–Trinajstić information content (AvgIpc) is 3.26. The van der Waals surface area contributed by atoms with E-state index in [0.717, 1.165) is 29.5 Å². The van der Waals surface area contributed by atoms with Crippen LogP contribution in [0.1, 0.15) is 11.5 Å². The highest BCUT2D eigenvalue weighted by Gasteiger charge is 2.36. The Balaban J connectivity index is 1.63. The number of fused-ring (bicyclic) bond motifs is 1. The summed E-state index contributed by atoms with van der Waals surface area (Å²) in [5.41, 5.74) is 2.46. The molecule has 4 rings (SSSR count). The number of nitrogens with zero attached hydrogens (tertiary/aromatic N) is 3. The molecule has 0 N–H and O–H groups in total. The number of likely N-dealkylation sites (N-methyl/N-ethyl adjacent to an activating group) is 1. The fourth-order valence-corrected chi connectivity index (χ4v) is 4.62. The van der Waals surface area contributed by atoms with E-state index in [1.54, 1.807) is 18.4 Å².